The highest BCUT2D eigenvalue weighted by Gasteiger charge is 2.24. The van der Waals surface area contributed by atoms with E-state index in [0.29, 0.717) is 5.92 Å². The molecule has 3 atom stereocenters. The van der Waals surface area contributed by atoms with Crippen LogP contribution in [0.1, 0.15) is 64.0 Å². The summed E-state index contributed by atoms with van der Waals surface area (Å²) in [6.07, 6.45) is 7.07. The van der Waals surface area contributed by atoms with Gasteiger partial charge in [-0.2, -0.15) is 0 Å². The summed E-state index contributed by atoms with van der Waals surface area (Å²) in [5.41, 5.74) is 9.95. The topological polar surface area (TPSA) is 73.5 Å². The molecule has 246 valence electrons. The van der Waals surface area contributed by atoms with Crippen LogP contribution >= 0.6 is 0 Å². The summed E-state index contributed by atoms with van der Waals surface area (Å²) < 4.78 is 0. The zero-order valence-electron chi connectivity index (χ0n) is 28.9. The van der Waals surface area contributed by atoms with Gasteiger partial charge in [-0.3, -0.25) is 0 Å². The maximum Gasteiger partial charge on any atom is 0.169 e. The number of benzene rings is 5. The third-order valence-electron chi connectivity index (χ3n) is 9.53. The number of rotatable bonds is 6. The SMILES string of the molecule is Cc1ccc(C2=NC(C3=CCC(C)C=C3)N=C(c3ccc4cc(C5=NC(c6ccc(C)cc6)N=C(c6ccc(C)cc6)N5)ccc4c3)N2)cc1. The van der Waals surface area contributed by atoms with Crippen molar-refractivity contribution in [3.05, 3.63) is 178 Å². The molecule has 8 rings (SSSR count). The van der Waals surface area contributed by atoms with Gasteiger partial charge in [-0.15, -0.1) is 0 Å². The Balaban J connectivity index is 1.12. The number of aryl methyl sites for hydroxylation is 3. The van der Waals surface area contributed by atoms with E-state index in [9.17, 15) is 0 Å². The van der Waals surface area contributed by atoms with E-state index in [1.54, 1.807) is 0 Å². The Labute approximate surface area is 293 Å². The minimum atomic E-state index is -0.341. The predicted molar refractivity (Wildman–Crippen MR) is 207 cm³/mol. The van der Waals surface area contributed by atoms with Crippen molar-refractivity contribution in [2.24, 2.45) is 25.9 Å². The lowest BCUT2D eigenvalue weighted by Gasteiger charge is -2.24. The van der Waals surface area contributed by atoms with Crippen molar-refractivity contribution >= 4 is 34.1 Å². The molecule has 0 aromatic heterocycles. The summed E-state index contributed by atoms with van der Waals surface area (Å²) in [6.45, 7) is 8.53. The van der Waals surface area contributed by atoms with Crippen molar-refractivity contribution in [3.63, 3.8) is 0 Å². The highest BCUT2D eigenvalue weighted by atomic mass is 15.2. The number of allylic oxidation sites excluding steroid dienone is 2. The Morgan fingerprint density at radius 1 is 0.500 bits per heavy atom. The molecule has 5 aromatic rings. The van der Waals surface area contributed by atoms with E-state index in [-0.39, 0.29) is 12.3 Å². The molecule has 1 aliphatic carbocycles. The first-order valence-corrected chi connectivity index (χ1v) is 17.3. The second-order valence-corrected chi connectivity index (χ2v) is 13.6. The summed E-state index contributed by atoms with van der Waals surface area (Å²) in [5, 5.41) is 9.36. The zero-order valence-corrected chi connectivity index (χ0v) is 28.9. The Morgan fingerprint density at radius 3 is 1.38 bits per heavy atom. The summed E-state index contributed by atoms with van der Waals surface area (Å²) in [5.74, 6) is 3.79. The molecule has 6 heteroatoms. The van der Waals surface area contributed by atoms with E-state index in [4.69, 9.17) is 20.0 Å². The van der Waals surface area contributed by atoms with E-state index in [1.165, 1.54) is 16.7 Å². The molecule has 3 aliphatic rings. The fraction of sp³-hybridized carbons (Fsp3) is 0.182. The molecule has 0 radical (unpaired) electrons. The van der Waals surface area contributed by atoms with Crippen molar-refractivity contribution in [1.29, 1.82) is 0 Å². The molecule has 5 aromatic carbocycles. The Hall–Kier alpha value is -5.88. The van der Waals surface area contributed by atoms with Crippen LogP contribution in [0.4, 0.5) is 0 Å². The molecule has 0 bridgehead atoms. The molecular weight excluding hydrogens is 613 g/mol. The van der Waals surface area contributed by atoms with Crippen molar-refractivity contribution < 1.29 is 0 Å². The standard InChI is InChI=1S/C44H40N6/c1-27-5-13-31(14-6-27)39-45-40(32-15-7-28(2)8-16-32)48-43(47-39)37-23-21-36-26-38(24-22-35(36)25-37)44-49-41(33-17-9-29(3)10-18-33)46-42(50-44)34-19-11-30(4)12-20-34/h5-11,13-26,30,39,42H,12H2,1-4H3,(H,45,47,48)(H,46,49,50). The van der Waals surface area contributed by atoms with Crippen molar-refractivity contribution in [2.45, 2.75) is 46.4 Å². The van der Waals surface area contributed by atoms with E-state index in [0.717, 1.165) is 73.9 Å². The third-order valence-corrected chi connectivity index (χ3v) is 9.53. The number of nitrogens with zero attached hydrogens (tertiary/aromatic N) is 4. The van der Waals surface area contributed by atoms with Crippen LogP contribution in [-0.2, 0) is 0 Å². The van der Waals surface area contributed by atoms with Crippen LogP contribution in [0.2, 0.25) is 0 Å². The Bertz CT molecular complexity index is 2270. The predicted octanol–water partition coefficient (Wildman–Crippen LogP) is 8.91. The maximum atomic E-state index is 5.13. The van der Waals surface area contributed by atoms with Crippen LogP contribution in [-0.4, -0.2) is 29.5 Å². The van der Waals surface area contributed by atoms with Gasteiger partial charge in [0.25, 0.3) is 0 Å². The van der Waals surface area contributed by atoms with Crippen LogP contribution in [0, 0.1) is 26.7 Å². The molecule has 0 spiro atoms. The third kappa shape index (κ3) is 6.57. The van der Waals surface area contributed by atoms with Crippen LogP contribution in [0.15, 0.2) is 153 Å². The van der Waals surface area contributed by atoms with E-state index >= 15 is 0 Å². The van der Waals surface area contributed by atoms with Gasteiger partial charge in [0.2, 0.25) is 0 Å². The molecule has 0 fully saturated rings. The normalized spacial score (nSPS) is 20.2. The summed E-state index contributed by atoms with van der Waals surface area (Å²) in [7, 11) is 0. The maximum absolute atomic E-state index is 5.13. The van der Waals surface area contributed by atoms with Gasteiger partial charge >= 0.3 is 0 Å². The van der Waals surface area contributed by atoms with Gasteiger partial charge in [0.05, 0.1) is 0 Å². The Morgan fingerprint density at radius 2 is 0.920 bits per heavy atom. The minimum Gasteiger partial charge on any atom is -0.324 e. The van der Waals surface area contributed by atoms with Gasteiger partial charge in [0, 0.05) is 22.3 Å². The first kappa shape index (κ1) is 31.4. The number of hydrogen-bond acceptors (Lipinski definition) is 6. The monoisotopic (exact) mass is 652 g/mol. The number of amidine groups is 4. The Kier molecular flexibility index (Phi) is 8.29. The first-order valence-electron chi connectivity index (χ1n) is 17.3. The average molecular weight is 653 g/mol. The largest absolute Gasteiger partial charge is 0.324 e. The number of hydrogen-bond donors (Lipinski definition) is 2. The highest BCUT2D eigenvalue weighted by molar-refractivity contribution is 6.18. The van der Waals surface area contributed by atoms with Crippen LogP contribution < -0.4 is 10.6 Å². The molecule has 0 amide bonds. The molecule has 2 aliphatic heterocycles. The zero-order chi connectivity index (χ0) is 34.2. The lowest BCUT2D eigenvalue weighted by atomic mass is 9.97. The highest BCUT2D eigenvalue weighted by Crippen LogP contribution is 2.28. The first-order chi connectivity index (χ1) is 24.3. The molecule has 2 heterocycles. The van der Waals surface area contributed by atoms with Gasteiger partial charge in [0.15, 0.2) is 12.3 Å². The number of aliphatic imine (C=N–C) groups is 4. The van der Waals surface area contributed by atoms with Gasteiger partial charge in [-0.05, 0) is 67.2 Å². The van der Waals surface area contributed by atoms with Gasteiger partial charge in [-0.25, -0.2) is 20.0 Å². The molecule has 0 saturated heterocycles. The number of fused-ring (bicyclic) bond motifs is 1. The van der Waals surface area contributed by atoms with Crippen molar-refractivity contribution in [3.8, 4) is 0 Å². The molecule has 3 unspecified atom stereocenters. The summed E-state index contributed by atoms with van der Waals surface area (Å²) >= 11 is 0. The lowest BCUT2D eigenvalue weighted by molar-refractivity contribution is 0.709. The van der Waals surface area contributed by atoms with Gasteiger partial charge in [-0.1, -0.05) is 139 Å². The quantitative estimate of drug-likeness (QED) is 0.192. The molecule has 2 N–H and O–H groups in total. The fourth-order valence-electron chi connectivity index (χ4n) is 6.42. The summed E-state index contributed by atoms with van der Waals surface area (Å²) in [4.78, 5) is 20.3. The minimum absolute atomic E-state index is 0.300. The average Bonchev–Trinajstić information content (AvgIpc) is 3.15. The molecular formula is C44H40N6. The smallest absolute Gasteiger partial charge is 0.169 e. The lowest BCUT2D eigenvalue weighted by Crippen LogP contribution is -2.38. The second kappa shape index (κ2) is 13.2. The van der Waals surface area contributed by atoms with E-state index in [2.05, 4.69) is 166 Å². The van der Waals surface area contributed by atoms with Crippen molar-refractivity contribution in [1.82, 2.24) is 10.6 Å². The van der Waals surface area contributed by atoms with Crippen LogP contribution in [0.3, 0.4) is 0 Å². The molecule has 6 nitrogen and oxygen atoms in total. The molecule has 50 heavy (non-hydrogen) atoms. The van der Waals surface area contributed by atoms with Gasteiger partial charge < -0.3 is 10.6 Å². The van der Waals surface area contributed by atoms with Crippen LogP contribution in [0.5, 0.6) is 0 Å². The number of nitrogens with one attached hydrogen (secondary N) is 2. The fourth-order valence-corrected chi connectivity index (χ4v) is 6.42. The van der Waals surface area contributed by atoms with E-state index < -0.39 is 0 Å². The summed E-state index contributed by atoms with van der Waals surface area (Å²) in [6, 6.07) is 38.4. The van der Waals surface area contributed by atoms with Gasteiger partial charge in [0.1, 0.15) is 23.3 Å². The second-order valence-electron chi connectivity index (χ2n) is 13.6. The van der Waals surface area contributed by atoms with E-state index in [1.807, 2.05) is 0 Å². The van der Waals surface area contributed by atoms with Crippen LogP contribution in [0.25, 0.3) is 10.8 Å². The van der Waals surface area contributed by atoms with Crippen molar-refractivity contribution in [2.75, 3.05) is 0 Å². The molecule has 0 saturated carbocycles.